The minimum absolute atomic E-state index is 0.0182. The Labute approximate surface area is 89.1 Å². The number of Topliss-reactive ketones (excluding diaryl/α,β-unsaturated/α-hetero) is 1. The summed E-state index contributed by atoms with van der Waals surface area (Å²) in [5.74, 6) is -1.18. The van der Waals surface area contributed by atoms with Crippen LogP contribution in [0, 0.1) is 11.6 Å². The first-order valence-corrected chi connectivity index (χ1v) is 5.02. The van der Waals surface area contributed by atoms with Crippen LogP contribution in [0.3, 0.4) is 0 Å². The normalized spacial score (nSPS) is 9.13. The Morgan fingerprint density at radius 1 is 1.13 bits per heavy atom. The average molecular weight is 214 g/mol. The van der Waals surface area contributed by atoms with Crippen LogP contribution in [0.4, 0.5) is 8.78 Å². The van der Waals surface area contributed by atoms with Crippen molar-refractivity contribution in [3.8, 4) is 0 Å². The molecular formula is C12H16F2O. The van der Waals surface area contributed by atoms with Crippen LogP contribution in [0.15, 0.2) is 18.2 Å². The predicted octanol–water partition coefficient (Wildman–Crippen LogP) is 3.51. The molecule has 0 aliphatic carbocycles. The van der Waals surface area contributed by atoms with Crippen molar-refractivity contribution in [3.63, 3.8) is 0 Å². The van der Waals surface area contributed by atoms with Crippen molar-refractivity contribution in [2.75, 3.05) is 0 Å². The molecule has 0 unspecified atom stereocenters. The molecule has 0 spiro atoms. The van der Waals surface area contributed by atoms with Gasteiger partial charge in [0.15, 0.2) is 0 Å². The fraction of sp³-hybridized carbons (Fsp3) is 0.417. The Bertz CT molecular complexity index is 301. The number of benzene rings is 1. The highest BCUT2D eigenvalue weighted by atomic mass is 19.1. The number of halogens is 2. The van der Waals surface area contributed by atoms with Crippen LogP contribution in [0.2, 0.25) is 0 Å². The quantitative estimate of drug-likeness (QED) is 0.752. The zero-order chi connectivity index (χ0) is 11.8. The largest absolute Gasteiger partial charge is 0.300 e. The zero-order valence-electron chi connectivity index (χ0n) is 9.31. The first kappa shape index (κ1) is 13.8. The standard InChI is InChI=1S/C10H10F2O.C2H6/c1-7(13)2-3-8-4-9(11)6-10(12)5-8;1-2/h4-6H,2-3H2,1H3;1-2H3. The fourth-order valence-corrected chi connectivity index (χ4v) is 1.08. The molecular weight excluding hydrogens is 198 g/mol. The first-order chi connectivity index (χ1) is 7.08. The van der Waals surface area contributed by atoms with Gasteiger partial charge in [-0.2, -0.15) is 0 Å². The number of rotatable bonds is 3. The SMILES string of the molecule is CC.CC(=O)CCc1cc(F)cc(F)c1. The Kier molecular flexibility index (Phi) is 6.50. The van der Waals surface area contributed by atoms with Gasteiger partial charge in [-0.1, -0.05) is 13.8 Å². The van der Waals surface area contributed by atoms with Crippen molar-refractivity contribution in [1.82, 2.24) is 0 Å². The van der Waals surface area contributed by atoms with Crippen molar-refractivity contribution in [2.24, 2.45) is 0 Å². The maximum Gasteiger partial charge on any atom is 0.130 e. The average Bonchev–Trinajstić information content (AvgIpc) is 2.16. The maximum atomic E-state index is 12.6. The Balaban J connectivity index is 0.000000921. The molecule has 1 aromatic carbocycles. The third-order valence-corrected chi connectivity index (χ3v) is 1.69. The van der Waals surface area contributed by atoms with Crippen LogP contribution >= 0.6 is 0 Å². The summed E-state index contributed by atoms with van der Waals surface area (Å²) in [5.41, 5.74) is 0.521. The minimum Gasteiger partial charge on any atom is -0.300 e. The van der Waals surface area contributed by atoms with E-state index in [1.807, 2.05) is 13.8 Å². The molecule has 0 aliphatic heterocycles. The van der Waals surface area contributed by atoms with Crippen LogP contribution in [0.5, 0.6) is 0 Å². The van der Waals surface area contributed by atoms with Crippen LogP contribution in [-0.2, 0) is 11.2 Å². The van der Waals surface area contributed by atoms with E-state index < -0.39 is 11.6 Å². The lowest BCUT2D eigenvalue weighted by Crippen LogP contribution is -1.95. The second-order valence-corrected chi connectivity index (χ2v) is 2.98. The van der Waals surface area contributed by atoms with Gasteiger partial charge in [0.25, 0.3) is 0 Å². The molecule has 1 rings (SSSR count). The van der Waals surface area contributed by atoms with Gasteiger partial charge in [-0.15, -0.1) is 0 Å². The van der Waals surface area contributed by atoms with E-state index in [1.165, 1.54) is 19.1 Å². The summed E-state index contributed by atoms with van der Waals surface area (Å²) in [6.45, 7) is 5.45. The summed E-state index contributed by atoms with van der Waals surface area (Å²) in [4.78, 5) is 10.6. The fourth-order valence-electron chi connectivity index (χ4n) is 1.08. The third-order valence-electron chi connectivity index (χ3n) is 1.69. The number of carbonyl (C=O) groups is 1. The molecule has 1 nitrogen and oxygen atoms in total. The van der Waals surface area contributed by atoms with Crippen molar-refractivity contribution in [1.29, 1.82) is 0 Å². The van der Waals surface area contributed by atoms with Gasteiger partial charge in [-0.05, 0) is 31.0 Å². The number of carbonyl (C=O) groups excluding carboxylic acids is 1. The molecule has 0 saturated heterocycles. The van der Waals surface area contributed by atoms with Crippen molar-refractivity contribution in [3.05, 3.63) is 35.4 Å². The Morgan fingerprint density at radius 3 is 2.00 bits per heavy atom. The summed E-state index contributed by atoms with van der Waals surface area (Å²) < 4.78 is 25.3. The highest BCUT2D eigenvalue weighted by Gasteiger charge is 2.01. The van der Waals surface area contributed by atoms with E-state index in [-0.39, 0.29) is 5.78 Å². The minimum atomic E-state index is -0.599. The summed E-state index contributed by atoms with van der Waals surface area (Å²) in [6, 6.07) is 3.30. The maximum absolute atomic E-state index is 12.6. The van der Waals surface area contributed by atoms with Crippen LogP contribution < -0.4 is 0 Å². The van der Waals surface area contributed by atoms with E-state index in [2.05, 4.69) is 0 Å². The first-order valence-electron chi connectivity index (χ1n) is 5.02. The van der Waals surface area contributed by atoms with Gasteiger partial charge < -0.3 is 4.79 Å². The predicted molar refractivity (Wildman–Crippen MR) is 56.7 cm³/mol. The summed E-state index contributed by atoms with van der Waals surface area (Å²) in [6.07, 6.45) is 0.715. The molecule has 0 aromatic heterocycles. The van der Waals surface area contributed by atoms with Gasteiger partial charge in [0.05, 0.1) is 0 Å². The van der Waals surface area contributed by atoms with Crippen LogP contribution in [-0.4, -0.2) is 5.78 Å². The van der Waals surface area contributed by atoms with E-state index in [4.69, 9.17) is 0 Å². The van der Waals surface area contributed by atoms with Gasteiger partial charge in [0, 0.05) is 12.5 Å². The smallest absolute Gasteiger partial charge is 0.130 e. The van der Waals surface area contributed by atoms with Gasteiger partial charge in [-0.3, -0.25) is 0 Å². The number of hydrogen-bond acceptors (Lipinski definition) is 1. The molecule has 0 N–H and O–H groups in total. The molecule has 1 aromatic rings. The Morgan fingerprint density at radius 2 is 1.60 bits per heavy atom. The zero-order valence-corrected chi connectivity index (χ0v) is 9.31. The molecule has 3 heteroatoms. The van der Waals surface area contributed by atoms with E-state index in [1.54, 1.807) is 0 Å². The van der Waals surface area contributed by atoms with E-state index in [0.29, 0.717) is 18.4 Å². The Hall–Kier alpha value is -1.25. The lowest BCUT2D eigenvalue weighted by Gasteiger charge is -1.99. The van der Waals surface area contributed by atoms with E-state index in [9.17, 15) is 13.6 Å². The highest BCUT2D eigenvalue weighted by molar-refractivity contribution is 5.75. The number of ketones is 1. The monoisotopic (exact) mass is 214 g/mol. The number of hydrogen-bond donors (Lipinski definition) is 0. The lowest BCUT2D eigenvalue weighted by molar-refractivity contribution is -0.116. The third kappa shape index (κ3) is 5.94. The second-order valence-electron chi connectivity index (χ2n) is 2.98. The topological polar surface area (TPSA) is 17.1 Å². The number of aryl methyl sites for hydroxylation is 1. The molecule has 84 valence electrons. The summed E-state index contributed by atoms with van der Waals surface area (Å²) in [7, 11) is 0. The molecule has 0 saturated carbocycles. The van der Waals surface area contributed by atoms with Gasteiger partial charge >= 0.3 is 0 Å². The summed E-state index contributed by atoms with van der Waals surface area (Å²) in [5, 5.41) is 0. The van der Waals surface area contributed by atoms with Crippen molar-refractivity contribution < 1.29 is 13.6 Å². The van der Waals surface area contributed by atoms with Crippen LogP contribution in [0.1, 0.15) is 32.8 Å². The summed E-state index contributed by atoms with van der Waals surface area (Å²) >= 11 is 0. The second kappa shape index (κ2) is 7.10. The molecule has 0 atom stereocenters. The molecule has 0 fully saturated rings. The lowest BCUT2D eigenvalue weighted by atomic mass is 10.1. The van der Waals surface area contributed by atoms with E-state index >= 15 is 0 Å². The van der Waals surface area contributed by atoms with Crippen molar-refractivity contribution >= 4 is 5.78 Å². The van der Waals surface area contributed by atoms with Gasteiger partial charge in [0.2, 0.25) is 0 Å². The van der Waals surface area contributed by atoms with Crippen molar-refractivity contribution in [2.45, 2.75) is 33.6 Å². The molecule has 0 aliphatic rings. The molecule has 0 amide bonds. The van der Waals surface area contributed by atoms with Gasteiger partial charge in [-0.25, -0.2) is 8.78 Å². The molecule has 0 heterocycles. The molecule has 15 heavy (non-hydrogen) atoms. The molecule has 0 radical (unpaired) electrons. The van der Waals surface area contributed by atoms with Gasteiger partial charge in [0.1, 0.15) is 17.4 Å². The highest BCUT2D eigenvalue weighted by Crippen LogP contribution is 2.09. The molecule has 0 bridgehead atoms. The van der Waals surface area contributed by atoms with E-state index in [0.717, 1.165) is 6.07 Å². The van der Waals surface area contributed by atoms with Crippen LogP contribution in [0.25, 0.3) is 0 Å².